The van der Waals surface area contributed by atoms with Crippen LogP contribution in [-0.4, -0.2) is 13.7 Å². The van der Waals surface area contributed by atoms with Gasteiger partial charge in [-0.25, -0.2) is 0 Å². The minimum absolute atomic E-state index is 0.464. The van der Waals surface area contributed by atoms with Crippen molar-refractivity contribution >= 4 is 0 Å². The Kier molecular flexibility index (Phi) is 5.23. The van der Waals surface area contributed by atoms with Crippen LogP contribution in [0.15, 0.2) is 18.2 Å². The van der Waals surface area contributed by atoms with Crippen LogP contribution in [-0.2, 0) is 6.42 Å². The molecule has 0 saturated heterocycles. The average molecular weight is 258 g/mol. The van der Waals surface area contributed by atoms with Gasteiger partial charge >= 0.3 is 0 Å². The number of ether oxygens (including phenoxy) is 1. The van der Waals surface area contributed by atoms with E-state index < -0.39 is 0 Å². The van der Waals surface area contributed by atoms with Crippen molar-refractivity contribution in [2.75, 3.05) is 13.7 Å². The first kappa shape index (κ1) is 13.9. The molecule has 0 aliphatic heterocycles. The number of fused-ring (bicyclic) bond motifs is 1. The third-order valence-corrected chi connectivity index (χ3v) is 3.73. The smallest absolute Gasteiger partial charge is 0.119 e. The summed E-state index contributed by atoms with van der Waals surface area (Å²) in [5.74, 6) is 0.956. The van der Waals surface area contributed by atoms with Crippen molar-refractivity contribution in [1.82, 2.24) is 5.32 Å². The Morgan fingerprint density at radius 1 is 1.42 bits per heavy atom. The predicted molar refractivity (Wildman–Crippen MR) is 76.1 cm³/mol. The molecule has 0 amide bonds. The summed E-state index contributed by atoms with van der Waals surface area (Å²) >= 11 is 0. The molecule has 1 atom stereocenters. The quantitative estimate of drug-likeness (QED) is 0.796. The van der Waals surface area contributed by atoms with Gasteiger partial charge in [0.2, 0.25) is 0 Å². The Labute approximate surface area is 115 Å². The van der Waals surface area contributed by atoms with E-state index in [9.17, 15) is 0 Å². The summed E-state index contributed by atoms with van der Waals surface area (Å²) < 4.78 is 5.77. The van der Waals surface area contributed by atoms with E-state index in [-0.39, 0.29) is 0 Å². The van der Waals surface area contributed by atoms with Crippen molar-refractivity contribution in [3.63, 3.8) is 0 Å². The van der Waals surface area contributed by atoms with Gasteiger partial charge in [0.15, 0.2) is 0 Å². The van der Waals surface area contributed by atoms with Gasteiger partial charge in [0, 0.05) is 12.5 Å². The second-order valence-electron chi connectivity index (χ2n) is 5.06. The maximum absolute atomic E-state index is 8.47. The number of nitriles is 1. The molecule has 1 aromatic carbocycles. The van der Waals surface area contributed by atoms with Gasteiger partial charge in [0.05, 0.1) is 12.7 Å². The molecule has 1 N–H and O–H groups in total. The number of rotatable bonds is 6. The highest BCUT2D eigenvalue weighted by molar-refractivity contribution is 5.39. The normalized spacial score (nSPS) is 17.6. The summed E-state index contributed by atoms with van der Waals surface area (Å²) in [5, 5.41) is 11.9. The topological polar surface area (TPSA) is 45.0 Å². The van der Waals surface area contributed by atoms with E-state index in [0.29, 0.717) is 19.1 Å². The summed E-state index contributed by atoms with van der Waals surface area (Å²) in [6.07, 6.45) is 6.12. The summed E-state index contributed by atoms with van der Waals surface area (Å²) in [7, 11) is 2.02. The molecule has 1 aliphatic carbocycles. The van der Waals surface area contributed by atoms with Gasteiger partial charge in [-0.05, 0) is 62.4 Å². The molecule has 0 radical (unpaired) electrons. The maximum atomic E-state index is 8.47. The molecule has 0 fully saturated rings. The molecule has 3 nitrogen and oxygen atoms in total. The lowest BCUT2D eigenvalue weighted by Crippen LogP contribution is -2.21. The van der Waals surface area contributed by atoms with Crippen molar-refractivity contribution in [2.45, 2.75) is 44.6 Å². The fourth-order valence-corrected chi connectivity index (χ4v) is 2.66. The highest BCUT2D eigenvalue weighted by atomic mass is 16.5. The first-order valence-electron chi connectivity index (χ1n) is 7.15. The molecule has 1 aliphatic rings. The van der Waals surface area contributed by atoms with Crippen molar-refractivity contribution in [3.8, 4) is 11.8 Å². The molecule has 1 unspecified atom stereocenters. The molecule has 0 saturated carbocycles. The van der Waals surface area contributed by atoms with Crippen LogP contribution >= 0.6 is 0 Å². The molecule has 3 heteroatoms. The summed E-state index contributed by atoms with van der Waals surface area (Å²) in [6.45, 7) is 0.699. The lowest BCUT2D eigenvalue weighted by molar-refractivity contribution is 0.306. The number of nitrogens with one attached hydrogen (secondary N) is 1. The van der Waals surface area contributed by atoms with Gasteiger partial charge < -0.3 is 10.1 Å². The highest BCUT2D eigenvalue weighted by Crippen LogP contribution is 2.32. The van der Waals surface area contributed by atoms with E-state index in [2.05, 4.69) is 29.6 Å². The van der Waals surface area contributed by atoms with Gasteiger partial charge in [-0.2, -0.15) is 5.26 Å². The molecule has 19 heavy (non-hydrogen) atoms. The van der Waals surface area contributed by atoms with E-state index in [0.717, 1.165) is 18.6 Å². The number of unbranched alkanes of at least 4 members (excludes halogenated alkanes) is 2. The molecule has 102 valence electrons. The minimum atomic E-state index is 0.464. The van der Waals surface area contributed by atoms with Crippen LogP contribution in [0.5, 0.6) is 5.75 Å². The summed E-state index contributed by atoms with van der Waals surface area (Å²) in [5.41, 5.74) is 2.84. The standard InChI is InChI=1S/C16H22N2O/c1-18-16-7-5-6-13-8-9-14(12-15(13)16)19-11-4-2-3-10-17/h8-9,12,16,18H,2-7,11H2,1H3. The molecular formula is C16H22N2O. The first-order chi connectivity index (χ1) is 9.35. The average Bonchev–Trinajstić information content (AvgIpc) is 2.46. The van der Waals surface area contributed by atoms with Crippen LogP contribution in [0.4, 0.5) is 0 Å². The van der Waals surface area contributed by atoms with Crippen molar-refractivity contribution in [3.05, 3.63) is 29.3 Å². The fraction of sp³-hybridized carbons (Fsp3) is 0.562. The lowest BCUT2D eigenvalue weighted by atomic mass is 9.87. The zero-order valence-electron chi connectivity index (χ0n) is 11.6. The Hall–Kier alpha value is -1.53. The zero-order chi connectivity index (χ0) is 13.5. The van der Waals surface area contributed by atoms with Crippen LogP contribution in [0, 0.1) is 11.3 Å². The number of nitrogens with zero attached hydrogens (tertiary/aromatic N) is 1. The monoisotopic (exact) mass is 258 g/mol. The highest BCUT2D eigenvalue weighted by Gasteiger charge is 2.18. The van der Waals surface area contributed by atoms with Gasteiger partial charge in [0.25, 0.3) is 0 Å². The number of benzene rings is 1. The molecular weight excluding hydrogens is 236 g/mol. The van der Waals surface area contributed by atoms with Gasteiger partial charge in [-0.15, -0.1) is 0 Å². The SMILES string of the molecule is CNC1CCCc2ccc(OCCCCC#N)cc21. The fourth-order valence-electron chi connectivity index (χ4n) is 2.66. The largest absolute Gasteiger partial charge is 0.494 e. The van der Waals surface area contributed by atoms with Crippen LogP contribution in [0.25, 0.3) is 0 Å². The Bertz CT molecular complexity index is 451. The molecule has 0 spiro atoms. The second kappa shape index (κ2) is 7.16. The van der Waals surface area contributed by atoms with E-state index in [1.807, 2.05) is 7.05 Å². The van der Waals surface area contributed by atoms with E-state index in [1.54, 1.807) is 0 Å². The van der Waals surface area contributed by atoms with Crippen molar-refractivity contribution in [2.24, 2.45) is 0 Å². The number of hydrogen-bond acceptors (Lipinski definition) is 3. The van der Waals surface area contributed by atoms with Crippen LogP contribution in [0.1, 0.15) is 49.3 Å². The van der Waals surface area contributed by atoms with Crippen molar-refractivity contribution < 1.29 is 4.74 Å². The predicted octanol–water partition coefficient (Wildman–Crippen LogP) is 3.36. The first-order valence-corrected chi connectivity index (χ1v) is 7.15. The summed E-state index contributed by atoms with van der Waals surface area (Å²) in [4.78, 5) is 0. The Morgan fingerprint density at radius 3 is 3.11 bits per heavy atom. The van der Waals surface area contributed by atoms with Crippen LogP contribution in [0.2, 0.25) is 0 Å². The second-order valence-corrected chi connectivity index (χ2v) is 5.06. The molecule has 1 aromatic rings. The Balaban J connectivity index is 1.94. The third kappa shape index (κ3) is 3.71. The van der Waals surface area contributed by atoms with E-state index in [1.165, 1.54) is 30.4 Å². The van der Waals surface area contributed by atoms with E-state index in [4.69, 9.17) is 10.00 Å². The van der Waals surface area contributed by atoms with Gasteiger partial charge in [-0.3, -0.25) is 0 Å². The van der Waals surface area contributed by atoms with Gasteiger partial charge in [-0.1, -0.05) is 6.07 Å². The molecule has 0 bridgehead atoms. The van der Waals surface area contributed by atoms with Gasteiger partial charge in [0.1, 0.15) is 5.75 Å². The Morgan fingerprint density at radius 2 is 2.32 bits per heavy atom. The van der Waals surface area contributed by atoms with E-state index >= 15 is 0 Å². The van der Waals surface area contributed by atoms with Crippen LogP contribution < -0.4 is 10.1 Å². The third-order valence-electron chi connectivity index (χ3n) is 3.73. The molecule has 2 rings (SSSR count). The maximum Gasteiger partial charge on any atom is 0.119 e. The lowest BCUT2D eigenvalue weighted by Gasteiger charge is -2.25. The zero-order valence-corrected chi connectivity index (χ0v) is 11.6. The summed E-state index contributed by atoms with van der Waals surface area (Å²) in [6, 6.07) is 9.07. The number of hydrogen-bond donors (Lipinski definition) is 1. The molecule has 0 heterocycles. The molecule has 0 aromatic heterocycles. The minimum Gasteiger partial charge on any atom is -0.494 e. The van der Waals surface area contributed by atoms with Crippen LogP contribution in [0.3, 0.4) is 0 Å². The van der Waals surface area contributed by atoms with Crippen molar-refractivity contribution in [1.29, 1.82) is 5.26 Å². The number of aryl methyl sites for hydroxylation is 1.